The number of carbonyl (C=O) groups is 5. The van der Waals surface area contributed by atoms with Crippen LogP contribution in [0.25, 0.3) is 10.9 Å². The minimum atomic E-state index is -1.26. The Hall–Kier alpha value is -3.23. The van der Waals surface area contributed by atoms with Gasteiger partial charge in [-0.25, -0.2) is 4.79 Å². The number of aromatic amines is 1. The number of primary amides is 1. The van der Waals surface area contributed by atoms with Crippen molar-refractivity contribution in [2.75, 3.05) is 17.8 Å². The van der Waals surface area contributed by atoms with E-state index in [0.717, 1.165) is 16.5 Å². The van der Waals surface area contributed by atoms with Crippen LogP contribution < -0.4 is 27.4 Å². The number of hydrogen-bond donors (Lipinski definition) is 8. The third-order valence-corrected chi connectivity index (χ3v) is 6.54. The van der Waals surface area contributed by atoms with Crippen LogP contribution in [0.1, 0.15) is 18.4 Å². The van der Waals surface area contributed by atoms with Crippen molar-refractivity contribution >= 4 is 64.9 Å². The molecule has 0 saturated carbocycles. The second-order valence-electron chi connectivity index (χ2n) is 8.33. The minimum absolute atomic E-state index is 0.0465. The highest BCUT2D eigenvalue weighted by atomic mass is 32.2. The SMILES string of the molecule is CSCCC(NC(=O)C(Cc1c[nH]c2ccccc12)NC(=O)C(CS)NC(=O)C(N)CC(N)=O)C(=O)O. The third-order valence-electron chi connectivity index (χ3n) is 5.53. The molecule has 0 spiro atoms. The number of carboxylic acid groups (broad SMARTS) is 1. The van der Waals surface area contributed by atoms with E-state index in [9.17, 15) is 29.1 Å². The van der Waals surface area contributed by atoms with Crippen molar-refractivity contribution in [3.05, 3.63) is 36.0 Å². The topological polar surface area (TPSA) is 210 Å². The van der Waals surface area contributed by atoms with Gasteiger partial charge in [-0.1, -0.05) is 18.2 Å². The first-order valence-electron chi connectivity index (χ1n) is 11.4. The summed E-state index contributed by atoms with van der Waals surface area (Å²) in [6.07, 6.45) is 3.36. The average molecular weight is 553 g/mol. The fourth-order valence-electron chi connectivity index (χ4n) is 3.55. The molecule has 12 nitrogen and oxygen atoms in total. The fraction of sp³-hybridized carbons (Fsp3) is 0.435. The van der Waals surface area contributed by atoms with Gasteiger partial charge in [-0.15, -0.1) is 0 Å². The number of H-pyrrole nitrogens is 1. The number of carbonyl (C=O) groups excluding carboxylic acids is 4. The van der Waals surface area contributed by atoms with E-state index in [0.29, 0.717) is 5.75 Å². The lowest BCUT2D eigenvalue weighted by molar-refractivity contribution is -0.142. The summed E-state index contributed by atoms with van der Waals surface area (Å²) in [5, 5.41) is 17.9. The first-order chi connectivity index (χ1) is 17.6. The van der Waals surface area contributed by atoms with E-state index in [1.807, 2.05) is 30.5 Å². The molecule has 37 heavy (non-hydrogen) atoms. The normalized spacial score (nSPS) is 14.2. The summed E-state index contributed by atoms with van der Waals surface area (Å²) in [6, 6.07) is 2.64. The van der Waals surface area contributed by atoms with Gasteiger partial charge in [-0.05, 0) is 30.1 Å². The Morgan fingerprint density at radius 3 is 2.27 bits per heavy atom. The lowest BCUT2D eigenvalue weighted by atomic mass is 10.0. The molecule has 0 bridgehead atoms. The molecule has 0 saturated heterocycles. The standard InChI is InChI=1S/C23H32N6O6S2/c1-37-7-6-16(23(34)35)27-21(32)17(8-12-10-26-15-5-3-2-4-13(12)15)28-22(33)18(11-36)29-20(31)14(24)9-19(25)30/h2-5,10,14,16-18,26,36H,6-9,11,24H2,1H3,(H2,25,30)(H,27,32)(H,28,33)(H,29,31)(H,34,35). The predicted octanol–water partition coefficient (Wildman–Crippen LogP) is -0.865. The van der Waals surface area contributed by atoms with E-state index in [-0.39, 0.29) is 18.6 Å². The van der Waals surface area contributed by atoms with E-state index in [1.54, 1.807) is 6.20 Å². The Morgan fingerprint density at radius 1 is 1.03 bits per heavy atom. The smallest absolute Gasteiger partial charge is 0.326 e. The summed E-state index contributed by atoms with van der Waals surface area (Å²) in [4.78, 5) is 64.3. The molecule has 4 atom stereocenters. The average Bonchev–Trinajstić information content (AvgIpc) is 3.26. The summed E-state index contributed by atoms with van der Waals surface area (Å²) >= 11 is 5.55. The zero-order valence-corrected chi connectivity index (χ0v) is 21.9. The summed E-state index contributed by atoms with van der Waals surface area (Å²) in [5.74, 6) is -3.80. The zero-order valence-electron chi connectivity index (χ0n) is 20.2. The number of para-hydroxylation sites is 1. The van der Waals surface area contributed by atoms with Gasteiger partial charge in [-0.3, -0.25) is 19.2 Å². The molecule has 9 N–H and O–H groups in total. The number of thioether (sulfide) groups is 1. The fourth-order valence-corrected chi connectivity index (χ4v) is 4.28. The Balaban J connectivity index is 2.24. The van der Waals surface area contributed by atoms with Gasteiger partial charge in [0.05, 0.1) is 12.5 Å². The molecule has 1 aromatic heterocycles. The third kappa shape index (κ3) is 8.98. The van der Waals surface area contributed by atoms with Gasteiger partial charge in [-0.2, -0.15) is 24.4 Å². The monoisotopic (exact) mass is 552 g/mol. The van der Waals surface area contributed by atoms with Crippen LogP contribution >= 0.6 is 24.4 Å². The number of benzene rings is 1. The molecule has 0 aliphatic rings. The molecule has 2 aromatic rings. The number of amides is 4. The molecule has 0 radical (unpaired) electrons. The highest BCUT2D eigenvalue weighted by molar-refractivity contribution is 7.98. The van der Waals surface area contributed by atoms with Crippen molar-refractivity contribution in [1.29, 1.82) is 0 Å². The van der Waals surface area contributed by atoms with Crippen LogP contribution in [0.5, 0.6) is 0 Å². The van der Waals surface area contributed by atoms with Crippen molar-refractivity contribution in [3.63, 3.8) is 0 Å². The number of aliphatic carboxylic acids is 1. The maximum atomic E-state index is 13.2. The highest BCUT2D eigenvalue weighted by Crippen LogP contribution is 2.19. The maximum absolute atomic E-state index is 13.2. The molecule has 4 amide bonds. The predicted molar refractivity (Wildman–Crippen MR) is 144 cm³/mol. The highest BCUT2D eigenvalue weighted by Gasteiger charge is 2.30. The number of aromatic nitrogens is 1. The second-order valence-corrected chi connectivity index (χ2v) is 9.68. The van der Waals surface area contributed by atoms with E-state index >= 15 is 0 Å². The number of fused-ring (bicyclic) bond motifs is 1. The van der Waals surface area contributed by atoms with Crippen molar-refractivity contribution in [2.45, 2.75) is 43.4 Å². The molecule has 202 valence electrons. The summed E-state index contributed by atoms with van der Waals surface area (Å²) < 4.78 is 0. The summed E-state index contributed by atoms with van der Waals surface area (Å²) in [5.41, 5.74) is 12.3. The molecular formula is C23H32N6O6S2. The quantitative estimate of drug-likeness (QED) is 0.130. The summed E-state index contributed by atoms with van der Waals surface area (Å²) in [7, 11) is 0. The van der Waals surface area contributed by atoms with Crippen molar-refractivity contribution < 1.29 is 29.1 Å². The second kappa shape index (κ2) is 14.5. The van der Waals surface area contributed by atoms with E-state index in [4.69, 9.17) is 11.5 Å². The van der Waals surface area contributed by atoms with Crippen LogP contribution in [-0.4, -0.2) is 81.6 Å². The Labute approximate surface area is 223 Å². The van der Waals surface area contributed by atoms with Gasteiger partial charge in [0.1, 0.15) is 18.1 Å². The summed E-state index contributed by atoms with van der Waals surface area (Å²) in [6.45, 7) is 0. The number of carboxylic acids is 1. The molecule has 4 unspecified atom stereocenters. The Kier molecular flexibility index (Phi) is 11.8. The largest absolute Gasteiger partial charge is 0.480 e. The number of hydrogen-bond acceptors (Lipinski definition) is 8. The van der Waals surface area contributed by atoms with Gasteiger partial charge in [0.15, 0.2) is 0 Å². The van der Waals surface area contributed by atoms with Gasteiger partial charge in [0.25, 0.3) is 0 Å². The number of nitrogens with one attached hydrogen (secondary N) is 4. The van der Waals surface area contributed by atoms with E-state index in [2.05, 4.69) is 33.6 Å². The van der Waals surface area contributed by atoms with Crippen molar-refractivity contribution in [2.24, 2.45) is 11.5 Å². The Morgan fingerprint density at radius 2 is 1.65 bits per heavy atom. The Bertz CT molecular complexity index is 1130. The molecule has 1 aromatic carbocycles. The number of rotatable bonds is 15. The van der Waals surface area contributed by atoms with Gasteiger partial charge >= 0.3 is 5.97 Å². The zero-order chi connectivity index (χ0) is 27.5. The van der Waals surface area contributed by atoms with Crippen LogP contribution in [0.3, 0.4) is 0 Å². The molecule has 0 fully saturated rings. The van der Waals surface area contributed by atoms with Crippen LogP contribution in [-0.2, 0) is 30.4 Å². The molecular weight excluding hydrogens is 520 g/mol. The van der Waals surface area contributed by atoms with Crippen LogP contribution in [0.15, 0.2) is 30.5 Å². The minimum Gasteiger partial charge on any atom is -0.480 e. The first kappa shape index (κ1) is 30.0. The van der Waals surface area contributed by atoms with Gasteiger partial charge in [0, 0.05) is 29.3 Å². The van der Waals surface area contributed by atoms with Crippen LogP contribution in [0.4, 0.5) is 0 Å². The van der Waals surface area contributed by atoms with Crippen LogP contribution in [0, 0.1) is 0 Å². The lowest BCUT2D eigenvalue weighted by Gasteiger charge is -2.24. The molecule has 1 heterocycles. The lowest BCUT2D eigenvalue weighted by Crippen LogP contribution is -2.58. The molecule has 14 heteroatoms. The molecule has 2 rings (SSSR count). The van der Waals surface area contributed by atoms with Gasteiger partial charge < -0.3 is 37.5 Å². The van der Waals surface area contributed by atoms with E-state index in [1.165, 1.54) is 11.8 Å². The van der Waals surface area contributed by atoms with E-state index < -0.39 is 60.2 Å². The van der Waals surface area contributed by atoms with Crippen LogP contribution in [0.2, 0.25) is 0 Å². The van der Waals surface area contributed by atoms with Crippen molar-refractivity contribution in [1.82, 2.24) is 20.9 Å². The maximum Gasteiger partial charge on any atom is 0.326 e. The molecule has 0 aliphatic carbocycles. The number of thiol groups is 1. The first-order valence-corrected chi connectivity index (χ1v) is 13.4. The van der Waals surface area contributed by atoms with Crippen molar-refractivity contribution in [3.8, 4) is 0 Å². The van der Waals surface area contributed by atoms with Gasteiger partial charge in [0.2, 0.25) is 23.6 Å². The molecule has 0 aliphatic heterocycles. The number of nitrogens with two attached hydrogens (primary N) is 2.